The minimum absolute atomic E-state index is 0.260. The summed E-state index contributed by atoms with van der Waals surface area (Å²) in [6.45, 7) is 5.92. The number of nitrogens with one attached hydrogen (secondary N) is 2. The second kappa shape index (κ2) is 4.62. The van der Waals surface area contributed by atoms with Crippen molar-refractivity contribution in [2.24, 2.45) is 17.8 Å². The van der Waals surface area contributed by atoms with E-state index in [4.69, 9.17) is 4.89 Å². The predicted molar refractivity (Wildman–Crippen MR) is 58.8 cm³/mol. The first-order valence-electron chi connectivity index (χ1n) is 5.84. The Labute approximate surface area is 100.0 Å². The lowest BCUT2D eigenvalue weighted by molar-refractivity contribution is -0.308. The second-order valence-corrected chi connectivity index (χ2v) is 5.33. The zero-order valence-electron chi connectivity index (χ0n) is 10.1. The Morgan fingerprint density at radius 2 is 2.12 bits per heavy atom. The summed E-state index contributed by atoms with van der Waals surface area (Å²) in [7, 11) is 0. The molecule has 2 aliphatic rings. The number of imide groups is 1. The molecule has 1 heterocycles. The van der Waals surface area contributed by atoms with Crippen LogP contribution >= 0.6 is 0 Å². The Morgan fingerprint density at radius 3 is 2.71 bits per heavy atom. The molecule has 2 fully saturated rings. The van der Waals surface area contributed by atoms with E-state index >= 15 is 0 Å². The maximum Gasteiger partial charge on any atom is 0.445 e. The van der Waals surface area contributed by atoms with Gasteiger partial charge in [-0.15, -0.1) is 0 Å². The molecule has 1 saturated heterocycles. The number of hydrogen-bond donors (Lipinski definition) is 2. The molecule has 2 atom stereocenters. The maximum atomic E-state index is 10.9. The van der Waals surface area contributed by atoms with E-state index in [2.05, 4.69) is 10.2 Å². The van der Waals surface area contributed by atoms with Gasteiger partial charge in [-0.3, -0.25) is 15.0 Å². The first-order valence-corrected chi connectivity index (χ1v) is 5.84. The van der Waals surface area contributed by atoms with Crippen molar-refractivity contribution in [1.82, 2.24) is 10.6 Å². The van der Waals surface area contributed by atoms with E-state index in [1.807, 2.05) is 19.2 Å². The molecule has 96 valence electrons. The molecule has 2 unspecified atom stereocenters. The lowest BCUT2D eigenvalue weighted by Crippen LogP contribution is -2.32. The number of amides is 2. The van der Waals surface area contributed by atoms with Crippen LogP contribution in [0.5, 0.6) is 0 Å². The second-order valence-electron chi connectivity index (χ2n) is 5.33. The van der Waals surface area contributed by atoms with Crippen LogP contribution < -0.4 is 10.6 Å². The van der Waals surface area contributed by atoms with Crippen LogP contribution in [0, 0.1) is 17.8 Å². The van der Waals surface area contributed by atoms with Crippen LogP contribution in [0.3, 0.4) is 0 Å². The van der Waals surface area contributed by atoms with Gasteiger partial charge >= 0.3 is 6.09 Å². The molecule has 0 bridgehead atoms. The fourth-order valence-corrected chi connectivity index (χ4v) is 2.67. The summed E-state index contributed by atoms with van der Waals surface area (Å²) < 4.78 is 0. The Bertz CT molecular complexity index is 309. The van der Waals surface area contributed by atoms with Crippen molar-refractivity contribution in [3.8, 4) is 0 Å². The standard InChI is InChI=1S/C11H18N2O4/c1-11(2,17-16-10(15)13-6-14)3-7-8-4-12-5-9(7)8/h6-9,12H,3-5H2,1-2H3,(H,13,14,15). The highest BCUT2D eigenvalue weighted by Crippen LogP contribution is 2.52. The fraction of sp³-hybridized carbons (Fsp3) is 0.818. The van der Waals surface area contributed by atoms with Crippen LogP contribution in [0.15, 0.2) is 0 Å². The molecule has 2 N–H and O–H groups in total. The molecule has 17 heavy (non-hydrogen) atoms. The van der Waals surface area contributed by atoms with Gasteiger partial charge in [0, 0.05) is 0 Å². The van der Waals surface area contributed by atoms with Gasteiger partial charge in [-0.2, -0.15) is 4.89 Å². The SMILES string of the molecule is CC(C)(CC1C2CNCC21)OOC(=O)NC=O. The lowest BCUT2D eigenvalue weighted by Gasteiger charge is -2.23. The first kappa shape index (κ1) is 12.3. The molecular formula is C11H18N2O4. The van der Waals surface area contributed by atoms with Crippen LogP contribution in [0.2, 0.25) is 0 Å². The van der Waals surface area contributed by atoms with E-state index in [0.717, 1.165) is 31.3 Å². The molecule has 1 aliphatic heterocycles. The van der Waals surface area contributed by atoms with Crippen LogP contribution in [0.4, 0.5) is 4.79 Å². The van der Waals surface area contributed by atoms with E-state index in [-0.39, 0.29) is 6.41 Å². The lowest BCUT2D eigenvalue weighted by atomic mass is 9.99. The van der Waals surface area contributed by atoms with Crippen molar-refractivity contribution in [2.75, 3.05) is 13.1 Å². The minimum atomic E-state index is -0.884. The molecule has 2 amide bonds. The maximum absolute atomic E-state index is 10.9. The highest BCUT2D eigenvalue weighted by molar-refractivity contribution is 5.79. The number of piperidine rings is 1. The highest BCUT2D eigenvalue weighted by atomic mass is 17.2. The zero-order chi connectivity index (χ0) is 12.5. The van der Waals surface area contributed by atoms with Crippen molar-refractivity contribution < 1.29 is 19.4 Å². The minimum Gasteiger partial charge on any atom is -0.316 e. The summed E-state index contributed by atoms with van der Waals surface area (Å²) in [6.07, 6.45) is 0.235. The van der Waals surface area contributed by atoms with Gasteiger partial charge in [0.1, 0.15) is 5.60 Å². The van der Waals surface area contributed by atoms with Gasteiger partial charge in [-0.05, 0) is 51.1 Å². The van der Waals surface area contributed by atoms with Gasteiger partial charge < -0.3 is 5.32 Å². The van der Waals surface area contributed by atoms with Gasteiger partial charge in [-0.25, -0.2) is 4.79 Å². The molecule has 0 spiro atoms. The topological polar surface area (TPSA) is 76.7 Å². The van der Waals surface area contributed by atoms with Crippen LogP contribution in [-0.4, -0.2) is 31.2 Å². The third-order valence-corrected chi connectivity index (χ3v) is 3.52. The molecule has 2 rings (SSSR count). The van der Waals surface area contributed by atoms with E-state index in [1.54, 1.807) is 0 Å². The Hall–Kier alpha value is -1.14. The average molecular weight is 242 g/mol. The van der Waals surface area contributed by atoms with Crippen molar-refractivity contribution in [2.45, 2.75) is 25.9 Å². The average Bonchev–Trinajstić information content (AvgIpc) is 2.73. The van der Waals surface area contributed by atoms with Crippen molar-refractivity contribution in [3.05, 3.63) is 0 Å². The van der Waals surface area contributed by atoms with Crippen molar-refractivity contribution in [1.29, 1.82) is 0 Å². The predicted octanol–water partition coefficient (Wildman–Crippen LogP) is 0.435. The van der Waals surface area contributed by atoms with E-state index in [9.17, 15) is 9.59 Å². The van der Waals surface area contributed by atoms with E-state index in [0.29, 0.717) is 5.92 Å². The monoisotopic (exact) mass is 242 g/mol. The Kier molecular flexibility index (Phi) is 3.35. The summed E-state index contributed by atoms with van der Waals surface area (Å²) >= 11 is 0. The number of rotatable bonds is 5. The third-order valence-electron chi connectivity index (χ3n) is 3.52. The molecule has 6 nitrogen and oxygen atoms in total. The van der Waals surface area contributed by atoms with Crippen molar-refractivity contribution in [3.63, 3.8) is 0 Å². The summed E-state index contributed by atoms with van der Waals surface area (Å²) in [5.74, 6) is 2.16. The zero-order valence-corrected chi connectivity index (χ0v) is 10.1. The number of hydrogen-bond acceptors (Lipinski definition) is 5. The largest absolute Gasteiger partial charge is 0.445 e. The van der Waals surface area contributed by atoms with E-state index in [1.165, 1.54) is 0 Å². The third kappa shape index (κ3) is 2.95. The highest BCUT2D eigenvalue weighted by Gasteiger charge is 2.54. The van der Waals surface area contributed by atoms with Gasteiger partial charge in [-0.1, -0.05) is 0 Å². The van der Waals surface area contributed by atoms with Gasteiger partial charge in [0.2, 0.25) is 6.41 Å². The quantitative estimate of drug-likeness (QED) is 0.415. The summed E-state index contributed by atoms with van der Waals surface area (Å²) in [6, 6.07) is 0. The molecule has 0 radical (unpaired) electrons. The smallest absolute Gasteiger partial charge is 0.316 e. The Balaban J connectivity index is 1.71. The number of carbonyl (C=O) groups is 2. The Morgan fingerprint density at radius 1 is 1.47 bits per heavy atom. The summed E-state index contributed by atoms with van der Waals surface area (Å²) in [5.41, 5.74) is -0.519. The molecular weight excluding hydrogens is 224 g/mol. The molecule has 1 aliphatic carbocycles. The van der Waals surface area contributed by atoms with Gasteiger partial charge in [0.25, 0.3) is 0 Å². The molecule has 0 aromatic heterocycles. The summed E-state index contributed by atoms with van der Waals surface area (Å²) in [4.78, 5) is 30.4. The van der Waals surface area contributed by atoms with Crippen molar-refractivity contribution >= 4 is 12.5 Å². The fourth-order valence-electron chi connectivity index (χ4n) is 2.67. The molecule has 0 aromatic rings. The summed E-state index contributed by atoms with van der Waals surface area (Å²) in [5, 5.41) is 5.18. The van der Waals surface area contributed by atoms with E-state index < -0.39 is 11.7 Å². The molecule has 6 heteroatoms. The van der Waals surface area contributed by atoms with Crippen LogP contribution in [0.1, 0.15) is 20.3 Å². The normalized spacial score (nSPS) is 30.6. The van der Waals surface area contributed by atoms with Crippen LogP contribution in [-0.2, 0) is 14.6 Å². The first-order chi connectivity index (χ1) is 8.03. The van der Waals surface area contributed by atoms with Crippen LogP contribution in [0.25, 0.3) is 0 Å². The van der Waals surface area contributed by atoms with Gasteiger partial charge in [0.15, 0.2) is 0 Å². The molecule has 1 saturated carbocycles. The van der Waals surface area contributed by atoms with Gasteiger partial charge in [0.05, 0.1) is 0 Å². The number of carbonyl (C=O) groups excluding carboxylic acids is 2. The molecule has 0 aromatic carbocycles. The number of fused-ring (bicyclic) bond motifs is 1.